The minimum Gasteiger partial charge on any atom is -0.345 e. The SMILES string of the molecule is CCC1CC(NS(=O)(=O)C2CC2)CC1c1nc(Cl)c2cnc3[nH]ccc3n12. The quantitative estimate of drug-likeness (QED) is 0.679. The van der Waals surface area contributed by atoms with Gasteiger partial charge in [-0.3, -0.25) is 4.40 Å². The van der Waals surface area contributed by atoms with E-state index in [1.807, 2.05) is 12.3 Å². The Labute approximate surface area is 162 Å². The van der Waals surface area contributed by atoms with Crippen molar-refractivity contribution < 1.29 is 8.42 Å². The van der Waals surface area contributed by atoms with Gasteiger partial charge < -0.3 is 4.98 Å². The van der Waals surface area contributed by atoms with Crippen molar-refractivity contribution in [2.24, 2.45) is 5.92 Å². The molecule has 3 unspecified atom stereocenters. The Kier molecular flexibility index (Phi) is 4.00. The maximum absolute atomic E-state index is 12.4. The fourth-order valence-corrected chi connectivity index (χ4v) is 6.32. The number of aromatic amines is 1. The summed E-state index contributed by atoms with van der Waals surface area (Å²) in [5.41, 5.74) is 2.52. The van der Waals surface area contributed by atoms with E-state index in [0.29, 0.717) is 11.1 Å². The van der Waals surface area contributed by atoms with Crippen LogP contribution in [0.3, 0.4) is 0 Å². The summed E-state index contributed by atoms with van der Waals surface area (Å²) < 4.78 is 29.8. The van der Waals surface area contributed by atoms with E-state index < -0.39 is 10.0 Å². The number of halogens is 1. The molecule has 0 radical (unpaired) electrons. The van der Waals surface area contributed by atoms with Crippen LogP contribution in [0.15, 0.2) is 18.5 Å². The largest absolute Gasteiger partial charge is 0.345 e. The highest BCUT2D eigenvalue weighted by Crippen LogP contribution is 2.43. The zero-order chi connectivity index (χ0) is 18.8. The number of nitrogens with one attached hydrogen (secondary N) is 2. The Morgan fingerprint density at radius 1 is 1.33 bits per heavy atom. The third-order valence-corrected chi connectivity index (χ3v) is 8.29. The van der Waals surface area contributed by atoms with Gasteiger partial charge in [0.05, 0.1) is 17.0 Å². The summed E-state index contributed by atoms with van der Waals surface area (Å²) in [6.45, 7) is 2.15. The van der Waals surface area contributed by atoms with Crippen molar-refractivity contribution in [1.82, 2.24) is 24.1 Å². The number of H-pyrrole nitrogens is 1. The summed E-state index contributed by atoms with van der Waals surface area (Å²) in [5, 5.41) is 0.251. The maximum Gasteiger partial charge on any atom is 0.214 e. The number of hydrogen-bond acceptors (Lipinski definition) is 4. The average molecular weight is 408 g/mol. The van der Waals surface area contributed by atoms with Gasteiger partial charge in [0.1, 0.15) is 11.3 Å². The topological polar surface area (TPSA) is 92.2 Å². The van der Waals surface area contributed by atoms with Gasteiger partial charge in [0, 0.05) is 18.2 Å². The van der Waals surface area contributed by atoms with E-state index in [4.69, 9.17) is 11.6 Å². The molecular weight excluding hydrogens is 386 g/mol. The third-order valence-electron chi connectivity index (χ3n) is 6.00. The lowest BCUT2D eigenvalue weighted by molar-refractivity contribution is 0.450. The summed E-state index contributed by atoms with van der Waals surface area (Å²) in [6.07, 6.45) is 7.70. The first-order chi connectivity index (χ1) is 13.0. The molecule has 3 atom stereocenters. The molecule has 2 aliphatic rings. The number of imidazole rings is 1. The molecule has 0 spiro atoms. The minimum absolute atomic E-state index is 0.0415. The number of rotatable bonds is 5. The van der Waals surface area contributed by atoms with Gasteiger partial charge in [-0.15, -0.1) is 0 Å². The van der Waals surface area contributed by atoms with Crippen molar-refractivity contribution in [2.75, 3.05) is 0 Å². The molecule has 144 valence electrons. The molecule has 2 aliphatic carbocycles. The first-order valence-electron chi connectivity index (χ1n) is 9.49. The molecule has 0 bridgehead atoms. The Hall–Kier alpha value is -1.64. The van der Waals surface area contributed by atoms with Crippen LogP contribution in [0.1, 0.15) is 50.8 Å². The van der Waals surface area contributed by atoms with Gasteiger partial charge in [0.2, 0.25) is 10.0 Å². The molecule has 0 saturated heterocycles. The molecule has 0 aromatic carbocycles. The van der Waals surface area contributed by atoms with Gasteiger partial charge in [-0.1, -0.05) is 24.9 Å². The highest BCUT2D eigenvalue weighted by molar-refractivity contribution is 7.90. The van der Waals surface area contributed by atoms with Crippen LogP contribution in [0.4, 0.5) is 0 Å². The Morgan fingerprint density at radius 2 is 2.15 bits per heavy atom. The lowest BCUT2D eigenvalue weighted by atomic mass is 9.93. The molecule has 7 nitrogen and oxygen atoms in total. The number of fused-ring (bicyclic) bond motifs is 3. The molecule has 2 saturated carbocycles. The summed E-state index contributed by atoms with van der Waals surface area (Å²) in [4.78, 5) is 12.2. The fraction of sp³-hybridized carbons (Fsp3) is 0.556. The molecule has 27 heavy (non-hydrogen) atoms. The smallest absolute Gasteiger partial charge is 0.214 e. The van der Waals surface area contributed by atoms with Crippen LogP contribution in [-0.2, 0) is 10.0 Å². The predicted molar refractivity (Wildman–Crippen MR) is 104 cm³/mol. The summed E-state index contributed by atoms with van der Waals surface area (Å²) in [6, 6.07) is 1.93. The Balaban J connectivity index is 1.54. The number of nitrogens with zero attached hydrogens (tertiary/aromatic N) is 3. The highest BCUT2D eigenvalue weighted by atomic mass is 35.5. The van der Waals surface area contributed by atoms with Gasteiger partial charge in [0.25, 0.3) is 0 Å². The van der Waals surface area contributed by atoms with Crippen molar-refractivity contribution in [3.05, 3.63) is 29.4 Å². The predicted octanol–water partition coefficient (Wildman–Crippen LogP) is 3.22. The number of aromatic nitrogens is 4. The molecule has 0 aliphatic heterocycles. The van der Waals surface area contributed by atoms with Gasteiger partial charge >= 0.3 is 0 Å². The zero-order valence-corrected chi connectivity index (χ0v) is 16.6. The maximum atomic E-state index is 12.4. The zero-order valence-electron chi connectivity index (χ0n) is 15.0. The lowest BCUT2D eigenvalue weighted by Crippen LogP contribution is -2.35. The van der Waals surface area contributed by atoms with Crippen LogP contribution in [-0.4, -0.2) is 39.1 Å². The van der Waals surface area contributed by atoms with E-state index in [2.05, 4.69) is 31.0 Å². The normalized spacial score (nSPS) is 26.4. The first kappa shape index (κ1) is 17.5. The Bertz CT molecular complexity index is 1120. The molecular formula is C18H22ClN5O2S. The van der Waals surface area contributed by atoms with Gasteiger partial charge in [0.15, 0.2) is 10.8 Å². The average Bonchev–Trinajstić information content (AvgIpc) is 3.14. The lowest BCUT2D eigenvalue weighted by Gasteiger charge is -2.16. The Morgan fingerprint density at radius 3 is 2.89 bits per heavy atom. The van der Waals surface area contributed by atoms with Gasteiger partial charge in [-0.05, 0) is 37.7 Å². The van der Waals surface area contributed by atoms with Gasteiger partial charge in [-0.2, -0.15) is 0 Å². The van der Waals surface area contributed by atoms with E-state index in [-0.39, 0.29) is 17.2 Å². The van der Waals surface area contributed by atoms with E-state index >= 15 is 0 Å². The van der Waals surface area contributed by atoms with E-state index in [1.165, 1.54) is 0 Å². The van der Waals surface area contributed by atoms with Crippen molar-refractivity contribution in [3.8, 4) is 0 Å². The van der Waals surface area contributed by atoms with Crippen LogP contribution in [0.5, 0.6) is 0 Å². The van der Waals surface area contributed by atoms with E-state index in [1.54, 1.807) is 6.20 Å². The molecule has 3 heterocycles. The van der Waals surface area contributed by atoms with E-state index in [0.717, 1.165) is 54.6 Å². The molecule has 9 heteroatoms. The second-order valence-corrected chi connectivity index (χ2v) is 10.1. The second-order valence-electron chi connectivity index (χ2n) is 7.76. The minimum atomic E-state index is -3.19. The van der Waals surface area contributed by atoms with E-state index in [9.17, 15) is 8.42 Å². The summed E-state index contributed by atoms with van der Waals surface area (Å²) in [5.74, 6) is 1.42. The van der Waals surface area contributed by atoms with Crippen molar-refractivity contribution >= 4 is 38.3 Å². The molecule has 0 amide bonds. The molecule has 2 N–H and O–H groups in total. The van der Waals surface area contributed by atoms with Crippen molar-refractivity contribution in [1.29, 1.82) is 0 Å². The number of hydrogen-bond donors (Lipinski definition) is 2. The standard InChI is InChI=1S/C18H22ClN5O2S/c1-2-10-7-11(23-27(25,26)12-3-4-12)8-13(10)18-22-16(19)15-9-21-17-14(24(15)18)5-6-20-17/h5-6,9-13,20,23H,2-4,7-8H2,1H3. The summed E-state index contributed by atoms with van der Waals surface area (Å²) >= 11 is 6.41. The summed E-state index contributed by atoms with van der Waals surface area (Å²) in [7, 11) is -3.19. The fourth-order valence-electron chi connectivity index (χ4n) is 4.49. The van der Waals surface area contributed by atoms with Crippen LogP contribution in [0.2, 0.25) is 5.15 Å². The van der Waals surface area contributed by atoms with Crippen LogP contribution < -0.4 is 4.72 Å². The van der Waals surface area contributed by atoms with Gasteiger partial charge in [-0.25, -0.2) is 23.1 Å². The first-order valence-corrected chi connectivity index (χ1v) is 11.4. The third kappa shape index (κ3) is 2.85. The molecule has 5 rings (SSSR count). The monoisotopic (exact) mass is 407 g/mol. The van der Waals surface area contributed by atoms with Crippen molar-refractivity contribution in [2.45, 2.75) is 56.2 Å². The number of sulfonamides is 1. The van der Waals surface area contributed by atoms with Crippen LogP contribution in [0, 0.1) is 5.92 Å². The van der Waals surface area contributed by atoms with Crippen LogP contribution in [0.25, 0.3) is 16.7 Å². The molecule has 3 aromatic heterocycles. The van der Waals surface area contributed by atoms with Crippen molar-refractivity contribution in [3.63, 3.8) is 0 Å². The highest BCUT2D eigenvalue weighted by Gasteiger charge is 2.42. The molecule has 3 aromatic rings. The van der Waals surface area contributed by atoms with Crippen LogP contribution >= 0.6 is 11.6 Å². The second kappa shape index (κ2) is 6.18. The molecule has 2 fully saturated rings.